The predicted octanol–water partition coefficient (Wildman–Crippen LogP) is 5.22. The summed E-state index contributed by atoms with van der Waals surface area (Å²) in [5.41, 5.74) is 2.30. The summed E-state index contributed by atoms with van der Waals surface area (Å²) in [4.78, 5) is 12.2. The molecule has 1 N–H and O–H groups in total. The molecular formula is C19H13BrFNO. The standard InChI is InChI=1S/C19H13BrFNO/c20-12-6-8-17(21)16(9-12)15-10-18(23)22-19-13-4-2-1-3-11(13)5-7-14(15)19/h1-9,15H,10H2,(H,22,23). The number of anilines is 1. The van der Waals surface area contributed by atoms with Crippen LogP contribution in [0.1, 0.15) is 23.5 Å². The van der Waals surface area contributed by atoms with E-state index in [1.165, 1.54) is 6.07 Å². The topological polar surface area (TPSA) is 29.1 Å². The average molecular weight is 370 g/mol. The molecule has 0 aliphatic carbocycles. The highest BCUT2D eigenvalue weighted by Gasteiger charge is 2.29. The molecule has 1 aliphatic heterocycles. The number of carbonyl (C=O) groups is 1. The maximum Gasteiger partial charge on any atom is 0.225 e. The lowest BCUT2D eigenvalue weighted by Crippen LogP contribution is -2.24. The van der Waals surface area contributed by atoms with Gasteiger partial charge in [0.2, 0.25) is 5.91 Å². The highest BCUT2D eigenvalue weighted by molar-refractivity contribution is 9.10. The molecule has 0 bridgehead atoms. The van der Waals surface area contributed by atoms with Gasteiger partial charge in [0.05, 0.1) is 5.69 Å². The molecule has 3 aromatic rings. The number of fused-ring (bicyclic) bond motifs is 3. The van der Waals surface area contributed by atoms with Gasteiger partial charge in [-0.25, -0.2) is 4.39 Å². The van der Waals surface area contributed by atoms with E-state index in [9.17, 15) is 9.18 Å². The van der Waals surface area contributed by atoms with Gasteiger partial charge in [-0.2, -0.15) is 0 Å². The van der Waals surface area contributed by atoms with Crippen molar-refractivity contribution in [1.29, 1.82) is 0 Å². The van der Waals surface area contributed by atoms with Crippen LogP contribution >= 0.6 is 15.9 Å². The lowest BCUT2D eigenvalue weighted by atomic mass is 9.83. The fourth-order valence-corrected chi connectivity index (χ4v) is 3.64. The second-order valence-corrected chi connectivity index (χ2v) is 6.64. The normalized spacial score (nSPS) is 17.0. The van der Waals surface area contributed by atoms with Crippen molar-refractivity contribution in [3.8, 4) is 0 Å². The molecule has 0 saturated carbocycles. The summed E-state index contributed by atoms with van der Waals surface area (Å²) in [6.07, 6.45) is 0.249. The van der Waals surface area contributed by atoms with E-state index in [-0.39, 0.29) is 24.1 Å². The van der Waals surface area contributed by atoms with Gasteiger partial charge < -0.3 is 5.32 Å². The summed E-state index contributed by atoms with van der Waals surface area (Å²) in [6.45, 7) is 0. The van der Waals surface area contributed by atoms with E-state index in [4.69, 9.17) is 0 Å². The van der Waals surface area contributed by atoms with Crippen molar-refractivity contribution >= 4 is 38.3 Å². The van der Waals surface area contributed by atoms with E-state index in [1.807, 2.05) is 36.4 Å². The number of nitrogens with one attached hydrogen (secondary N) is 1. The lowest BCUT2D eigenvalue weighted by molar-refractivity contribution is -0.116. The Labute approximate surface area is 141 Å². The maximum absolute atomic E-state index is 14.3. The van der Waals surface area contributed by atoms with E-state index in [0.29, 0.717) is 5.56 Å². The van der Waals surface area contributed by atoms with Gasteiger partial charge in [0.25, 0.3) is 0 Å². The first kappa shape index (κ1) is 14.4. The first-order valence-corrected chi connectivity index (χ1v) is 8.19. The summed E-state index contributed by atoms with van der Waals surface area (Å²) in [5, 5.41) is 5.01. The third kappa shape index (κ3) is 2.43. The van der Waals surface area contributed by atoms with Crippen molar-refractivity contribution < 1.29 is 9.18 Å². The number of rotatable bonds is 1. The summed E-state index contributed by atoms with van der Waals surface area (Å²) in [5.74, 6) is -0.647. The third-order valence-electron chi connectivity index (χ3n) is 4.32. The van der Waals surface area contributed by atoms with Gasteiger partial charge >= 0.3 is 0 Å². The minimum Gasteiger partial charge on any atom is -0.325 e. The lowest BCUT2D eigenvalue weighted by Gasteiger charge is -2.27. The number of amides is 1. The third-order valence-corrected chi connectivity index (χ3v) is 4.82. The van der Waals surface area contributed by atoms with Gasteiger partial charge in [-0.15, -0.1) is 0 Å². The van der Waals surface area contributed by atoms with Gasteiger partial charge in [0.15, 0.2) is 0 Å². The number of hydrogen-bond acceptors (Lipinski definition) is 1. The van der Waals surface area contributed by atoms with Crippen molar-refractivity contribution in [3.63, 3.8) is 0 Å². The Balaban J connectivity index is 1.97. The molecule has 1 amide bonds. The van der Waals surface area contributed by atoms with Crippen molar-refractivity contribution in [2.45, 2.75) is 12.3 Å². The van der Waals surface area contributed by atoms with Crippen LogP contribution < -0.4 is 5.32 Å². The van der Waals surface area contributed by atoms with Crippen molar-refractivity contribution in [1.82, 2.24) is 0 Å². The van der Waals surface area contributed by atoms with E-state index in [1.54, 1.807) is 12.1 Å². The average Bonchev–Trinajstić information content (AvgIpc) is 2.56. The molecular weight excluding hydrogens is 357 g/mol. The van der Waals surface area contributed by atoms with Crippen molar-refractivity contribution in [2.75, 3.05) is 5.32 Å². The highest BCUT2D eigenvalue weighted by atomic mass is 79.9. The van der Waals surface area contributed by atoms with Gasteiger partial charge in [0, 0.05) is 22.2 Å². The summed E-state index contributed by atoms with van der Waals surface area (Å²) >= 11 is 3.39. The van der Waals surface area contributed by atoms with E-state index >= 15 is 0 Å². The Hall–Kier alpha value is -2.20. The number of halogens is 2. The molecule has 114 valence electrons. The Kier molecular flexibility index (Phi) is 3.42. The van der Waals surface area contributed by atoms with Gasteiger partial charge in [0.1, 0.15) is 5.82 Å². The molecule has 23 heavy (non-hydrogen) atoms. The van der Waals surface area contributed by atoms with Crippen LogP contribution in [-0.2, 0) is 4.79 Å². The first-order valence-electron chi connectivity index (χ1n) is 7.40. The Bertz CT molecular complexity index is 938. The summed E-state index contributed by atoms with van der Waals surface area (Å²) < 4.78 is 15.1. The molecule has 0 aromatic heterocycles. The zero-order chi connectivity index (χ0) is 16.0. The minimum atomic E-state index is -0.285. The SMILES string of the molecule is O=C1CC(c2cc(Br)ccc2F)c2ccc3ccccc3c2N1. The molecule has 0 fully saturated rings. The largest absolute Gasteiger partial charge is 0.325 e. The maximum atomic E-state index is 14.3. The Morgan fingerprint density at radius 2 is 1.87 bits per heavy atom. The van der Waals surface area contributed by atoms with Gasteiger partial charge in [-0.05, 0) is 34.7 Å². The molecule has 1 aliphatic rings. The van der Waals surface area contributed by atoms with Crippen LogP contribution in [0.4, 0.5) is 10.1 Å². The van der Waals surface area contributed by atoms with Crippen molar-refractivity contribution in [2.24, 2.45) is 0 Å². The molecule has 2 nitrogen and oxygen atoms in total. The van der Waals surface area contributed by atoms with E-state index in [2.05, 4.69) is 21.2 Å². The van der Waals surface area contributed by atoms with Crippen LogP contribution in [-0.4, -0.2) is 5.91 Å². The zero-order valence-electron chi connectivity index (χ0n) is 12.1. The predicted molar refractivity (Wildman–Crippen MR) is 93.1 cm³/mol. The monoisotopic (exact) mass is 369 g/mol. The van der Waals surface area contributed by atoms with Crippen LogP contribution in [0, 0.1) is 5.82 Å². The fraction of sp³-hybridized carbons (Fsp3) is 0.105. The van der Waals surface area contributed by atoms with E-state index in [0.717, 1.165) is 26.5 Å². The van der Waals surface area contributed by atoms with Crippen LogP contribution in [0.25, 0.3) is 10.8 Å². The molecule has 4 rings (SSSR count). The van der Waals surface area contributed by atoms with Crippen LogP contribution in [0.3, 0.4) is 0 Å². The highest BCUT2D eigenvalue weighted by Crippen LogP contribution is 2.42. The molecule has 4 heteroatoms. The summed E-state index contributed by atoms with van der Waals surface area (Å²) in [7, 11) is 0. The molecule has 0 spiro atoms. The van der Waals surface area contributed by atoms with Crippen molar-refractivity contribution in [3.05, 3.63) is 76.0 Å². The zero-order valence-corrected chi connectivity index (χ0v) is 13.7. The van der Waals surface area contributed by atoms with Crippen LogP contribution in [0.15, 0.2) is 59.1 Å². The quantitative estimate of drug-likeness (QED) is 0.626. The van der Waals surface area contributed by atoms with Crippen LogP contribution in [0.5, 0.6) is 0 Å². The second-order valence-electron chi connectivity index (χ2n) is 5.72. The van der Waals surface area contributed by atoms with Crippen LogP contribution in [0.2, 0.25) is 0 Å². The summed E-state index contributed by atoms with van der Waals surface area (Å²) in [6, 6.07) is 16.8. The van der Waals surface area contributed by atoms with Gasteiger partial charge in [-0.1, -0.05) is 52.3 Å². The molecule has 1 unspecified atom stereocenters. The molecule has 1 heterocycles. The smallest absolute Gasteiger partial charge is 0.225 e. The molecule has 1 atom stereocenters. The van der Waals surface area contributed by atoms with Gasteiger partial charge in [-0.3, -0.25) is 4.79 Å². The number of hydrogen-bond donors (Lipinski definition) is 1. The minimum absolute atomic E-state index is 0.0850. The first-order chi connectivity index (χ1) is 11.1. The fourth-order valence-electron chi connectivity index (χ4n) is 3.26. The van der Waals surface area contributed by atoms with E-state index < -0.39 is 0 Å². The molecule has 0 saturated heterocycles. The molecule has 0 radical (unpaired) electrons. The molecule has 3 aromatic carbocycles. The number of carbonyl (C=O) groups excluding carboxylic acids is 1. The second kappa shape index (κ2) is 5.46. The Morgan fingerprint density at radius 3 is 2.74 bits per heavy atom. The number of benzene rings is 3. The Morgan fingerprint density at radius 1 is 1.04 bits per heavy atom.